The highest BCUT2D eigenvalue weighted by molar-refractivity contribution is 6.30. The highest BCUT2D eigenvalue weighted by Gasteiger charge is 2.25. The topological polar surface area (TPSA) is 59.8 Å². The number of carbonyl (C=O) groups is 1. The number of hydrogen-bond donors (Lipinski definition) is 0. The third-order valence-corrected chi connectivity index (χ3v) is 7.03. The lowest BCUT2D eigenvalue weighted by molar-refractivity contribution is -0.123. The number of methoxy groups -OCH3 is 1. The second-order valence-corrected chi connectivity index (χ2v) is 9.90. The third kappa shape index (κ3) is 5.67. The molecule has 0 saturated carbocycles. The summed E-state index contributed by atoms with van der Waals surface area (Å²) < 4.78 is 28.8. The van der Waals surface area contributed by atoms with Crippen LogP contribution in [0.1, 0.15) is 11.1 Å². The van der Waals surface area contributed by atoms with Gasteiger partial charge in [-0.15, -0.1) is 0 Å². The predicted octanol–water partition coefficient (Wildman–Crippen LogP) is 5.32. The molecule has 0 atom stereocenters. The molecule has 7 nitrogen and oxygen atoms in total. The van der Waals surface area contributed by atoms with E-state index in [-0.39, 0.29) is 18.2 Å². The molecule has 1 saturated heterocycles. The van der Waals surface area contributed by atoms with Crippen molar-refractivity contribution in [2.45, 2.75) is 13.5 Å². The first-order valence-corrected chi connectivity index (χ1v) is 13.0. The molecule has 0 N–H and O–H groups in total. The Kier molecular flexibility index (Phi) is 7.93. The minimum absolute atomic E-state index is 0.0430. The average molecular weight is 537 g/mol. The van der Waals surface area contributed by atoms with Gasteiger partial charge in [0.2, 0.25) is 0 Å². The Morgan fingerprint density at radius 2 is 1.76 bits per heavy atom. The normalized spacial score (nSPS) is 14.3. The van der Waals surface area contributed by atoms with Gasteiger partial charge < -0.3 is 14.4 Å². The number of para-hydroxylation sites is 1. The third-order valence-electron chi connectivity index (χ3n) is 6.78. The molecule has 38 heavy (non-hydrogen) atoms. The van der Waals surface area contributed by atoms with E-state index in [1.54, 1.807) is 6.92 Å². The van der Waals surface area contributed by atoms with Gasteiger partial charge >= 0.3 is 6.01 Å². The van der Waals surface area contributed by atoms with E-state index in [1.807, 2.05) is 70.1 Å². The summed E-state index contributed by atoms with van der Waals surface area (Å²) in [6.07, 6.45) is 0. The van der Waals surface area contributed by atoms with Gasteiger partial charge in [-0.05, 0) is 42.8 Å². The molecule has 9 heteroatoms. The Morgan fingerprint density at radius 1 is 1.05 bits per heavy atom. The predicted molar refractivity (Wildman–Crippen MR) is 147 cm³/mol. The Balaban J connectivity index is 1.49. The van der Waals surface area contributed by atoms with Crippen LogP contribution in [0.15, 0.2) is 60.7 Å². The summed E-state index contributed by atoms with van der Waals surface area (Å²) in [5, 5.41) is 0.660. The standard InChI is InChI=1S/C29H30ClFN4O3/c1-20-27(31)25(34-14-12-33(13-15-34)18-23(36)19-37-2)16-26-28(20)32-29(38-24-6-4-3-5-7-24)35(26)17-21-8-10-22(30)11-9-21/h3-11,16H,12-15,17-19H2,1-2H3. The SMILES string of the molecule is COCC(=O)CN1CCN(c2cc3c(nc(Oc4ccccc4)n3Cc3ccc(Cl)cc3)c(C)c2F)CC1. The Bertz CT molecular complexity index is 1420. The zero-order chi connectivity index (χ0) is 26.6. The van der Waals surface area contributed by atoms with Crippen molar-refractivity contribution in [3.8, 4) is 11.8 Å². The van der Waals surface area contributed by atoms with Crippen LogP contribution in [0.25, 0.3) is 11.0 Å². The lowest BCUT2D eigenvalue weighted by Gasteiger charge is -2.36. The molecule has 0 aliphatic carbocycles. The number of aromatic nitrogens is 2. The number of nitrogens with zero attached hydrogens (tertiary/aromatic N) is 4. The number of halogens is 2. The molecule has 0 radical (unpaired) electrons. The molecule has 1 fully saturated rings. The van der Waals surface area contributed by atoms with Crippen molar-refractivity contribution in [2.24, 2.45) is 0 Å². The Hall–Kier alpha value is -3.46. The van der Waals surface area contributed by atoms with Gasteiger partial charge in [-0.25, -0.2) is 4.39 Å². The Labute approximate surface area is 226 Å². The number of ether oxygens (including phenoxy) is 2. The summed E-state index contributed by atoms with van der Waals surface area (Å²) in [6, 6.07) is 19.3. The molecule has 0 spiro atoms. The van der Waals surface area contributed by atoms with E-state index in [0.29, 0.717) is 72.8 Å². The van der Waals surface area contributed by atoms with E-state index in [4.69, 9.17) is 26.1 Å². The highest BCUT2D eigenvalue weighted by atomic mass is 35.5. The summed E-state index contributed by atoms with van der Waals surface area (Å²) in [4.78, 5) is 20.8. The molecule has 4 aromatic rings. The summed E-state index contributed by atoms with van der Waals surface area (Å²) in [7, 11) is 1.52. The van der Waals surface area contributed by atoms with Crippen LogP contribution in [-0.2, 0) is 16.1 Å². The quantitative estimate of drug-likeness (QED) is 0.289. The summed E-state index contributed by atoms with van der Waals surface area (Å²) >= 11 is 6.11. The fraction of sp³-hybridized carbons (Fsp3) is 0.310. The first-order chi connectivity index (χ1) is 18.4. The molecule has 1 aliphatic heterocycles. The Morgan fingerprint density at radius 3 is 2.45 bits per heavy atom. The largest absolute Gasteiger partial charge is 0.425 e. The molecule has 1 aromatic heterocycles. The van der Waals surface area contributed by atoms with Crippen LogP contribution in [0.2, 0.25) is 5.02 Å². The number of imidazole rings is 1. The van der Waals surface area contributed by atoms with Crippen LogP contribution in [0, 0.1) is 12.7 Å². The number of ketones is 1. The van der Waals surface area contributed by atoms with Crippen molar-refractivity contribution in [1.29, 1.82) is 0 Å². The molecule has 198 valence electrons. The smallest absolute Gasteiger partial charge is 0.303 e. The van der Waals surface area contributed by atoms with Crippen LogP contribution < -0.4 is 9.64 Å². The first kappa shape index (κ1) is 26.2. The van der Waals surface area contributed by atoms with E-state index in [0.717, 1.165) is 11.1 Å². The number of benzene rings is 3. The molecule has 0 bridgehead atoms. The summed E-state index contributed by atoms with van der Waals surface area (Å²) in [5.74, 6) is 0.405. The lowest BCUT2D eigenvalue weighted by Crippen LogP contribution is -2.48. The molecule has 0 amide bonds. The zero-order valence-corrected chi connectivity index (χ0v) is 22.2. The number of fused-ring (bicyclic) bond motifs is 1. The molecule has 5 rings (SSSR count). The average Bonchev–Trinajstić information content (AvgIpc) is 3.25. The zero-order valence-electron chi connectivity index (χ0n) is 21.5. The van der Waals surface area contributed by atoms with Gasteiger partial charge in [-0.2, -0.15) is 4.98 Å². The highest BCUT2D eigenvalue weighted by Crippen LogP contribution is 2.35. The number of piperazine rings is 1. The van der Waals surface area contributed by atoms with Gasteiger partial charge in [-0.3, -0.25) is 14.3 Å². The number of anilines is 1. The molecule has 2 heterocycles. The summed E-state index contributed by atoms with van der Waals surface area (Å²) in [6.45, 7) is 5.24. The monoisotopic (exact) mass is 536 g/mol. The number of carbonyl (C=O) groups excluding carboxylic acids is 1. The molecular formula is C29H30ClFN4O3. The van der Waals surface area contributed by atoms with E-state index < -0.39 is 0 Å². The van der Waals surface area contributed by atoms with E-state index in [2.05, 4.69) is 4.90 Å². The lowest BCUT2D eigenvalue weighted by atomic mass is 10.1. The maximum atomic E-state index is 15.7. The van der Waals surface area contributed by atoms with Crippen molar-refractivity contribution in [3.05, 3.63) is 82.6 Å². The van der Waals surface area contributed by atoms with Crippen molar-refractivity contribution >= 4 is 34.1 Å². The second-order valence-electron chi connectivity index (χ2n) is 9.46. The number of hydrogen-bond acceptors (Lipinski definition) is 6. The van der Waals surface area contributed by atoms with Crippen LogP contribution >= 0.6 is 11.6 Å². The van der Waals surface area contributed by atoms with E-state index >= 15 is 4.39 Å². The minimum atomic E-state index is -0.288. The molecule has 1 aliphatic rings. The number of Topliss-reactive ketones (excluding diaryl/α,β-unsaturated/α-hetero) is 1. The van der Waals surface area contributed by atoms with E-state index in [1.165, 1.54) is 7.11 Å². The van der Waals surface area contributed by atoms with Crippen LogP contribution in [0.5, 0.6) is 11.8 Å². The van der Waals surface area contributed by atoms with Crippen LogP contribution in [-0.4, -0.2) is 66.7 Å². The van der Waals surface area contributed by atoms with Gasteiger partial charge in [0.25, 0.3) is 0 Å². The minimum Gasteiger partial charge on any atom is -0.425 e. The first-order valence-electron chi connectivity index (χ1n) is 12.6. The molecular weight excluding hydrogens is 507 g/mol. The van der Waals surface area contributed by atoms with Gasteiger partial charge in [0, 0.05) is 43.9 Å². The summed E-state index contributed by atoms with van der Waals surface area (Å²) in [5.41, 5.74) is 3.38. The van der Waals surface area contributed by atoms with Gasteiger partial charge in [0.05, 0.1) is 29.8 Å². The maximum absolute atomic E-state index is 15.7. The second kappa shape index (κ2) is 11.5. The molecule has 0 unspecified atom stereocenters. The van der Waals surface area contributed by atoms with Gasteiger partial charge in [-0.1, -0.05) is 41.9 Å². The maximum Gasteiger partial charge on any atom is 0.303 e. The van der Waals surface area contributed by atoms with Crippen LogP contribution in [0.4, 0.5) is 10.1 Å². The van der Waals surface area contributed by atoms with Crippen molar-refractivity contribution in [2.75, 3.05) is 51.3 Å². The fourth-order valence-corrected chi connectivity index (χ4v) is 4.91. The van der Waals surface area contributed by atoms with Crippen molar-refractivity contribution < 1.29 is 18.7 Å². The van der Waals surface area contributed by atoms with Gasteiger partial charge in [0.15, 0.2) is 11.6 Å². The van der Waals surface area contributed by atoms with Crippen LogP contribution in [0.3, 0.4) is 0 Å². The number of rotatable bonds is 9. The van der Waals surface area contributed by atoms with Crippen molar-refractivity contribution in [1.82, 2.24) is 14.5 Å². The van der Waals surface area contributed by atoms with E-state index in [9.17, 15) is 4.79 Å². The fourth-order valence-electron chi connectivity index (χ4n) is 4.79. The number of aryl methyl sites for hydroxylation is 1. The molecule has 3 aromatic carbocycles. The van der Waals surface area contributed by atoms with Gasteiger partial charge in [0.1, 0.15) is 12.4 Å². The van der Waals surface area contributed by atoms with Crippen molar-refractivity contribution in [3.63, 3.8) is 0 Å².